The predicted octanol–water partition coefficient (Wildman–Crippen LogP) is 3.13. The Kier molecular flexibility index (Phi) is 8.02. The number of benzene rings is 2. The number of carbonyl (C=O) groups excluding carboxylic acids is 1. The van der Waals surface area contributed by atoms with E-state index >= 15 is 0 Å². The van der Waals surface area contributed by atoms with E-state index in [1.807, 2.05) is 13.8 Å². The van der Waals surface area contributed by atoms with Crippen LogP contribution in [0.15, 0.2) is 24.3 Å². The van der Waals surface area contributed by atoms with Crippen LogP contribution in [0, 0.1) is 20.8 Å². The van der Waals surface area contributed by atoms with Crippen LogP contribution in [0.4, 0.5) is 0 Å². The van der Waals surface area contributed by atoms with Crippen molar-refractivity contribution in [1.82, 2.24) is 0 Å². The van der Waals surface area contributed by atoms with Crippen molar-refractivity contribution in [3.63, 3.8) is 0 Å². The van der Waals surface area contributed by atoms with E-state index < -0.39 is 0 Å². The van der Waals surface area contributed by atoms with Gasteiger partial charge in [0.2, 0.25) is 0 Å². The molecule has 0 saturated heterocycles. The molecule has 1 unspecified atom stereocenters. The Bertz CT molecular complexity index is 726. The quantitative estimate of drug-likeness (QED) is 0.591. The van der Waals surface area contributed by atoms with Gasteiger partial charge in [0.05, 0.1) is 21.3 Å². The minimum absolute atomic E-state index is 0. The van der Waals surface area contributed by atoms with Gasteiger partial charge in [-0.3, -0.25) is 4.79 Å². The van der Waals surface area contributed by atoms with E-state index in [0.717, 1.165) is 16.4 Å². The molecule has 0 N–H and O–H groups in total. The summed E-state index contributed by atoms with van der Waals surface area (Å²) >= 11 is 0. The number of ether oxygens (including phenoxy) is 3. The molecule has 0 aliphatic rings. The fraction of sp³-hybridized carbons (Fsp3) is 0.316. The molecule has 0 radical (unpaired) electrons. The van der Waals surface area contributed by atoms with Crippen molar-refractivity contribution in [2.24, 2.45) is 0 Å². The standard InChI is InChI=1S/C19H23O4P.Li.H/c1-11-7-12(2)18(13(3)8-11)24-19(20)17-15(22-5)9-14(21-4)10-16(17)23-6;;/h7-10,24H,1-6H3;;. The number of methoxy groups -OCH3 is 3. The van der Waals surface area contributed by atoms with Crippen LogP contribution in [0.5, 0.6) is 17.2 Å². The Morgan fingerprint density at radius 3 is 1.72 bits per heavy atom. The zero-order valence-electron chi connectivity index (χ0n) is 14.9. The number of rotatable bonds is 6. The molecule has 0 fully saturated rings. The van der Waals surface area contributed by atoms with Crippen LogP contribution in [-0.4, -0.2) is 45.7 Å². The fourth-order valence-corrected chi connectivity index (χ4v) is 3.92. The third kappa shape index (κ3) is 4.79. The van der Waals surface area contributed by atoms with Gasteiger partial charge in [-0.25, -0.2) is 0 Å². The molecule has 4 nitrogen and oxygen atoms in total. The Morgan fingerprint density at radius 2 is 1.32 bits per heavy atom. The van der Waals surface area contributed by atoms with Crippen LogP contribution in [0.2, 0.25) is 0 Å². The van der Waals surface area contributed by atoms with Crippen molar-refractivity contribution in [3.8, 4) is 17.2 Å². The van der Waals surface area contributed by atoms with E-state index in [4.69, 9.17) is 14.2 Å². The zero-order chi connectivity index (χ0) is 17.9. The summed E-state index contributed by atoms with van der Waals surface area (Å²) in [4.78, 5) is 13.0. The molecule has 2 aromatic carbocycles. The first-order valence-electron chi connectivity index (χ1n) is 7.60. The van der Waals surface area contributed by atoms with Gasteiger partial charge in [-0.1, -0.05) is 17.7 Å². The molecule has 0 aliphatic heterocycles. The topological polar surface area (TPSA) is 44.8 Å². The predicted molar refractivity (Wildman–Crippen MR) is 106 cm³/mol. The Morgan fingerprint density at radius 1 is 0.840 bits per heavy atom. The van der Waals surface area contributed by atoms with Gasteiger partial charge in [0.15, 0.2) is 5.52 Å². The van der Waals surface area contributed by atoms with Gasteiger partial charge in [0, 0.05) is 12.1 Å². The second-order valence-electron chi connectivity index (χ2n) is 5.63. The first-order chi connectivity index (χ1) is 11.4. The number of carbonyl (C=O) groups is 1. The summed E-state index contributed by atoms with van der Waals surface area (Å²) in [5.41, 5.74) is 3.90. The van der Waals surface area contributed by atoms with Gasteiger partial charge in [-0.2, -0.15) is 0 Å². The second kappa shape index (κ2) is 9.29. The zero-order valence-corrected chi connectivity index (χ0v) is 15.9. The molecule has 0 amide bonds. The van der Waals surface area contributed by atoms with Crippen LogP contribution >= 0.6 is 8.58 Å². The van der Waals surface area contributed by atoms with Crippen molar-refractivity contribution in [2.45, 2.75) is 20.8 Å². The summed E-state index contributed by atoms with van der Waals surface area (Å²) in [7, 11) is 4.65. The monoisotopic (exact) mass is 354 g/mol. The van der Waals surface area contributed by atoms with Gasteiger partial charge in [-0.15, -0.1) is 0 Å². The van der Waals surface area contributed by atoms with Gasteiger partial charge in [-0.05, 0) is 45.8 Å². The molecule has 0 spiro atoms. The molecule has 0 bridgehead atoms. The molecule has 130 valence electrons. The average Bonchev–Trinajstić information content (AvgIpc) is 2.56. The Labute approximate surface area is 163 Å². The summed E-state index contributed by atoms with van der Waals surface area (Å²) in [6.45, 7) is 6.14. The summed E-state index contributed by atoms with van der Waals surface area (Å²) in [5, 5.41) is 1.07. The van der Waals surface area contributed by atoms with Gasteiger partial charge in [0.1, 0.15) is 22.8 Å². The average molecular weight is 354 g/mol. The molecular formula is C19H24LiO4P. The fourth-order valence-electron chi connectivity index (χ4n) is 2.78. The van der Waals surface area contributed by atoms with Crippen LogP contribution in [-0.2, 0) is 0 Å². The van der Waals surface area contributed by atoms with E-state index in [9.17, 15) is 4.79 Å². The molecule has 6 heteroatoms. The van der Waals surface area contributed by atoms with Gasteiger partial charge < -0.3 is 14.2 Å². The van der Waals surface area contributed by atoms with E-state index in [2.05, 4.69) is 19.1 Å². The number of aryl methyl sites for hydroxylation is 3. The maximum absolute atomic E-state index is 13.0. The molecule has 2 aromatic rings. The molecule has 2 rings (SSSR count). The van der Waals surface area contributed by atoms with E-state index in [-0.39, 0.29) is 33.0 Å². The molecule has 0 aliphatic carbocycles. The van der Waals surface area contributed by atoms with Crippen molar-refractivity contribution < 1.29 is 19.0 Å². The number of hydrogen-bond donors (Lipinski definition) is 0. The van der Waals surface area contributed by atoms with Crippen molar-refractivity contribution in [2.75, 3.05) is 21.3 Å². The third-order valence-corrected chi connectivity index (χ3v) is 5.37. The Balaban J connectivity index is 0.00000312. The Hall–Kier alpha value is -1.46. The molecule has 0 aromatic heterocycles. The first kappa shape index (κ1) is 21.6. The minimum atomic E-state index is -0.0126. The number of hydrogen-bond acceptors (Lipinski definition) is 4. The van der Waals surface area contributed by atoms with E-state index in [0.29, 0.717) is 22.8 Å². The van der Waals surface area contributed by atoms with Crippen LogP contribution < -0.4 is 19.5 Å². The SMILES string of the molecule is COc1cc(OC)c(C(=O)Pc2c(C)cc(C)cc2C)c(OC)c1.[LiH]. The summed E-state index contributed by atoms with van der Waals surface area (Å²) in [6, 6.07) is 7.61. The van der Waals surface area contributed by atoms with Crippen LogP contribution in [0.25, 0.3) is 0 Å². The normalized spacial score (nSPS) is 10.5. The van der Waals surface area contributed by atoms with Gasteiger partial charge in [0.25, 0.3) is 0 Å². The van der Waals surface area contributed by atoms with Crippen LogP contribution in [0.3, 0.4) is 0 Å². The summed E-state index contributed by atoms with van der Waals surface area (Å²) < 4.78 is 16.0. The summed E-state index contributed by atoms with van der Waals surface area (Å²) in [6.07, 6.45) is 0. The maximum atomic E-state index is 13.0. The molecule has 25 heavy (non-hydrogen) atoms. The molecule has 0 saturated carbocycles. The first-order valence-corrected chi connectivity index (χ1v) is 8.60. The second-order valence-corrected chi connectivity index (χ2v) is 6.84. The van der Waals surface area contributed by atoms with Crippen molar-refractivity contribution >= 4 is 38.3 Å². The summed E-state index contributed by atoms with van der Waals surface area (Å²) in [5.74, 6) is 1.52. The van der Waals surface area contributed by atoms with Crippen molar-refractivity contribution in [3.05, 3.63) is 46.5 Å². The van der Waals surface area contributed by atoms with Crippen molar-refractivity contribution in [1.29, 1.82) is 0 Å². The molecule has 1 atom stereocenters. The van der Waals surface area contributed by atoms with Gasteiger partial charge >= 0.3 is 18.9 Å². The molecular weight excluding hydrogens is 330 g/mol. The van der Waals surface area contributed by atoms with Crippen LogP contribution in [0.1, 0.15) is 27.0 Å². The third-order valence-electron chi connectivity index (χ3n) is 3.86. The van der Waals surface area contributed by atoms with E-state index in [1.54, 1.807) is 19.2 Å². The van der Waals surface area contributed by atoms with E-state index in [1.165, 1.54) is 19.8 Å². The molecule has 0 heterocycles.